The van der Waals surface area contributed by atoms with Gasteiger partial charge in [-0.15, -0.1) is 0 Å². The number of hydrogen-bond acceptors (Lipinski definition) is 0. The Balaban J connectivity index is 1.36. The molecule has 2 fully saturated rings. The van der Waals surface area contributed by atoms with Crippen molar-refractivity contribution in [2.45, 2.75) is 70.1 Å². The Morgan fingerprint density at radius 3 is 1.88 bits per heavy atom. The predicted octanol–water partition coefficient (Wildman–Crippen LogP) is 7.17. The number of allylic oxidation sites excluding steroid dienone is 1. The van der Waals surface area contributed by atoms with Crippen molar-refractivity contribution in [1.29, 1.82) is 0 Å². The molecule has 0 N–H and O–H groups in total. The highest BCUT2D eigenvalue weighted by molar-refractivity contribution is 5.20. The molecule has 0 nitrogen and oxygen atoms in total. The van der Waals surface area contributed by atoms with E-state index in [0.29, 0.717) is 11.8 Å². The van der Waals surface area contributed by atoms with Crippen LogP contribution in [0.1, 0.15) is 75.7 Å². The van der Waals surface area contributed by atoms with Crippen molar-refractivity contribution < 1.29 is 8.78 Å². The van der Waals surface area contributed by atoms with Crippen molar-refractivity contribution in [3.05, 3.63) is 48.1 Å². The van der Waals surface area contributed by atoms with Gasteiger partial charge in [-0.25, -0.2) is 8.78 Å². The van der Waals surface area contributed by atoms with E-state index in [4.69, 9.17) is 0 Å². The summed E-state index contributed by atoms with van der Waals surface area (Å²) in [5, 5.41) is 0. The highest BCUT2D eigenvalue weighted by Crippen LogP contribution is 2.39. The third-order valence-electron chi connectivity index (χ3n) is 6.41. The van der Waals surface area contributed by atoms with E-state index in [2.05, 4.69) is 0 Å². The molecule has 0 aliphatic heterocycles. The molecule has 132 valence electrons. The van der Waals surface area contributed by atoms with Gasteiger partial charge in [-0.1, -0.05) is 31.1 Å². The molecule has 1 aromatic rings. The van der Waals surface area contributed by atoms with E-state index < -0.39 is 0 Å². The Bertz CT molecular complexity index is 503. The Kier molecular flexibility index (Phi) is 6.45. The predicted molar refractivity (Wildman–Crippen MR) is 96.0 cm³/mol. The summed E-state index contributed by atoms with van der Waals surface area (Å²) in [6, 6.07) is 7.11. The van der Waals surface area contributed by atoms with Gasteiger partial charge >= 0.3 is 0 Å². The SMILES string of the molecule is FC=C[C@H]1CC[C@H](CC[C@H]2CC[C@H](c3ccc(F)cc3)CC2)CC1. The van der Waals surface area contributed by atoms with Crippen LogP contribution in [0.4, 0.5) is 8.78 Å². The van der Waals surface area contributed by atoms with Crippen LogP contribution in [0.25, 0.3) is 0 Å². The maximum Gasteiger partial charge on any atom is 0.123 e. The van der Waals surface area contributed by atoms with Gasteiger partial charge < -0.3 is 0 Å². The molecule has 0 spiro atoms. The van der Waals surface area contributed by atoms with Crippen LogP contribution >= 0.6 is 0 Å². The Labute approximate surface area is 145 Å². The first-order valence-corrected chi connectivity index (χ1v) is 9.77. The summed E-state index contributed by atoms with van der Waals surface area (Å²) >= 11 is 0. The Morgan fingerprint density at radius 2 is 1.33 bits per heavy atom. The van der Waals surface area contributed by atoms with Gasteiger partial charge in [0.1, 0.15) is 5.82 Å². The van der Waals surface area contributed by atoms with Crippen molar-refractivity contribution in [2.24, 2.45) is 17.8 Å². The highest BCUT2D eigenvalue weighted by Gasteiger charge is 2.24. The van der Waals surface area contributed by atoms with Gasteiger partial charge in [0.2, 0.25) is 0 Å². The lowest BCUT2D eigenvalue weighted by atomic mass is 9.74. The topological polar surface area (TPSA) is 0 Å². The molecule has 2 aliphatic rings. The third kappa shape index (κ3) is 4.91. The van der Waals surface area contributed by atoms with Crippen LogP contribution in [0, 0.1) is 23.6 Å². The normalized spacial score (nSPS) is 31.4. The van der Waals surface area contributed by atoms with Crippen molar-refractivity contribution in [3.63, 3.8) is 0 Å². The molecule has 2 saturated carbocycles. The number of halogens is 2. The molecule has 0 aromatic heterocycles. The lowest BCUT2D eigenvalue weighted by Crippen LogP contribution is -2.17. The summed E-state index contributed by atoms with van der Waals surface area (Å²) < 4.78 is 25.3. The van der Waals surface area contributed by atoms with Crippen LogP contribution in [0.2, 0.25) is 0 Å². The van der Waals surface area contributed by atoms with Crippen molar-refractivity contribution in [3.8, 4) is 0 Å². The molecule has 0 unspecified atom stereocenters. The second kappa shape index (κ2) is 8.78. The molecule has 2 heteroatoms. The molecule has 0 bridgehead atoms. The number of rotatable bonds is 5. The first-order valence-electron chi connectivity index (χ1n) is 9.77. The largest absolute Gasteiger partial charge is 0.216 e. The Hall–Kier alpha value is -1.18. The molecule has 0 atom stereocenters. The summed E-state index contributed by atoms with van der Waals surface area (Å²) in [6.45, 7) is 0. The molecule has 0 radical (unpaired) electrons. The third-order valence-corrected chi connectivity index (χ3v) is 6.41. The van der Waals surface area contributed by atoms with Crippen LogP contribution < -0.4 is 0 Å². The Morgan fingerprint density at radius 1 is 0.792 bits per heavy atom. The lowest BCUT2D eigenvalue weighted by molar-refractivity contribution is 0.245. The fourth-order valence-corrected chi connectivity index (χ4v) is 4.76. The van der Waals surface area contributed by atoms with Crippen LogP contribution in [0.5, 0.6) is 0 Å². The molecule has 0 amide bonds. The van der Waals surface area contributed by atoms with Gasteiger partial charge in [-0.2, -0.15) is 0 Å². The molecule has 24 heavy (non-hydrogen) atoms. The molecule has 2 aliphatic carbocycles. The monoisotopic (exact) mass is 332 g/mol. The van der Waals surface area contributed by atoms with Crippen molar-refractivity contribution in [2.75, 3.05) is 0 Å². The summed E-state index contributed by atoms with van der Waals surface area (Å²) in [6.07, 6.45) is 15.2. The van der Waals surface area contributed by atoms with Gasteiger partial charge in [0.05, 0.1) is 6.33 Å². The summed E-state index contributed by atoms with van der Waals surface area (Å²) in [5.74, 6) is 2.72. The molecular weight excluding hydrogens is 302 g/mol. The fraction of sp³-hybridized carbons (Fsp3) is 0.636. The minimum absolute atomic E-state index is 0.135. The molecule has 1 aromatic carbocycles. The summed E-state index contributed by atoms with van der Waals surface area (Å²) in [5.41, 5.74) is 1.31. The average molecular weight is 332 g/mol. The first-order chi connectivity index (χ1) is 11.7. The minimum Gasteiger partial charge on any atom is -0.216 e. The van der Waals surface area contributed by atoms with E-state index in [9.17, 15) is 8.78 Å². The maximum absolute atomic E-state index is 13.0. The highest BCUT2D eigenvalue weighted by atomic mass is 19.1. The van der Waals surface area contributed by atoms with Crippen LogP contribution in [-0.4, -0.2) is 0 Å². The van der Waals surface area contributed by atoms with E-state index >= 15 is 0 Å². The van der Waals surface area contributed by atoms with E-state index in [1.54, 1.807) is 18.2 Å². The molecule has 3 rings (SSSR count). The van der Waals surface area contributed by atoms with Crippen LogP contribution in [0.3, 0.4) is 0 Å². The number of benzene rings is 1. The van der Waals surface area contributed by atoms with E-state index in [1.165, 1.54) is 69.8 Å². The van der Waals surface area contributed by atoms with Crippen molar-refractivity contribution in [1.82, 2.24) is 0 Å². The van der Waals surface area contributed by atoms with Crippen LogP contribution in [0.15, 0.2) is 36.7 Å². The van der Waals surface area contributed by atoms with Gasteiger partial charge in [0.25, 0.3) is 0 Å². The minimum atomic E-state index is -0.135. The molecule has 0 heterocycles. The standard InChI is InChI=1S/C22H30F2/c23-16-15-19-5-3-17(4-6-19)1-2-18-7-9-20(10-8-18)21-11-13-22(24)14-12-21/h11-20H,1-10H2/t17-,18-,19-,20-. The first kappa shape index (κ1) is 17.6. The van der Waals surface area contributed by atoms with E-state index in [1.807, 2.05) is 12.1 Å². The zero-order chi connectivity index (χ0) is 16.8. The molecular formula is C22H30F2. The second-order valence-electron chi connectivity index (χ2n) is 7.95. The van der Waals surface area contributed by atoms with Gasteiger partial charge in [-0.05, 0) is 92.7 Å². The fourth-order valence-electron chi connectivity index (χ4n) is 4.76. The van der Waals surface area contributed by atoms with Gasteiger partial charge in [0, 0.05) is 0 Å². The summed E-state index contributed by atoms with van der Waals surface area (Å²) in [4.78, 5) is 0. The maximum atomic E-state index is 13.0. The van der Waals surface area contributed by atoms with Gasteiger partial charge in [0.15, 0.2) is 0 Å². The van der Waals surface area contributed by atoms with E-state index in [0.717, 1.165) is 18.2 Å². The van der Waals surface area contributed by atoms with Crippen molar-refractivity contribution >= 4 is 0 Å². The lowest BCUT2D eigenvalue weighted by Gasteiger charge is -2.31. The summed E-state index contributed by atoms with van der Waals surface area (Å²) in [7, 11) is 0. The van der Waals surface area contributed by atoms with E-state index in [-0.39, 0.29) is 5.82 Å². The second-order valence-corrected chi connectivity index (χ2v) is 7.95. The van der Waals surface area contributed by atoms with Gasteiger partial charge in [-0.3, -0.25) is 0 Å². The van der Waals surface area contributed by atoms with Crippen LogP contribution in [-0.2, 0) is 0 Å². The quantitative estimate of drug-likeness (QED) is 0.536. The zero-order valence-corrected chi connectivity index (χ0v) is 14.6. The smallest absolute Gasteiger partial charge is 0.123 e. The average Bonchev–Trinajstić information content (AvgIpc) is 2.63. The zero-order valence-electron chi connectivity index (χ0n) is 14.6. The molecule has 0 saturated heterocycles. The number of hydrogen-bond donors (Lipinski definition) is 0.